The summed E-state index contributed by atoms with van der Waals surface area (Å²) in [6.45, 7) is 6.45. The second-order valence-corrected chi connectivity index (χ2v) is 9.21. The number of thiophene rings is 1. The van der Waals surface area contributed by atoms with Crippen LogP contribution in [0.3, 0.4) is 0 Å². The predicted molar refractivity (Wildman–Crippen MR) is 100 cm³/mol. The third kappa shape index (κ3) is 5.00. The van der Waals surface area contributed by atoms with Crippen LogP contribution in [0.2, 0.25) is 0 Å². The number of esters is 1. The number of hydrogen-bond donors (Lipinski definition) is 1. The van der Waals surface area contributed by atoms with Crippen LogP contribution in [-0.4, -0.2) is 33.3 Å². The van der Waals surface area contributed by atoms with Crippen molar-refractivity contribution in [3.05, 3.63) is 50.7 Å². The summed E-state index contributed by atoms with van der Waals surface area (Å²) >= 11 is 1.49. The molecule has 2 aromatic rings. The van der Waals surface area contributed by atoms with Gasteiger partial charge in [-0.1, -0.05) is 6.07 Å². The molecule has 0 amide bonds. The SMILES string of the molecule is Cc1cc(C(=O)COC(=O)CNS(=O)(=O)c2ccc(C)c(C)c2)c(C)s1. The third-order valence-electron chi connectivity index (χ3n) is 3.90. The number of hydrogen-bond acceptors (Lipinski definition) is 6. The highest BCUT2D eigenvalue weighted by molar-refractivity contribution is 7.89. The zero-order valence-electron chi connectivity index (χ0n) is 15.1. The van der Waals surface area contributed by atoms with Gasteiger partial charge in [-0.2, -0.15) is 4.72 Å². The van der Waals surface area contributed by atoms with Gasteiger partial charge < -0.3 is 4.74 Å². The lowest BCUT2D eigenvalue weighted by Crippen LogP contribution is -2.31. The van der Waals surface area contributed by atoms with E-state index in [1.807, 2.05) is 27.7 Å². The number of ether oxygens (including phenoxy) is 1. The van der Waals surface area contributed by atoms with E-state index in [0.717, 1.165) is 20.9 Å². The molecule has 0 fully saturated rings. The molecule has 6 nitrogen and oxygen atoms in total. The second-order valence-electron chi connectivity index (χ2n) is 5.98. The Balaban J connectivity index is 1.90. The Hall–Kier alpha value is -2.03. The number of rotatable bonds is 7. The van der Waals surface area contributed by atoms with Gasteiger partial charge in [0.2, 0.25) is 15.8 Å². The van der Waals surface area contributed by atoms with Crippen molar-refractivity contribution >= 4 is 33.1 Å². The van der Waals surface area contributed by atoms with Gasteiger partial charge in [0, 0.05) is 15.3 Å². The van der Waals surface area contributed by atoms with Gasteiger partial charge in [-0.15, -0.1) is 11.3 Å². The van der Waals surface area contributed by atoms with Gasteiger partial charge in [0.1, 0.15) is 6.54 Å². The molecule has 0 spiro atoms. The first kappa shape index (κ1) is 20.3. The van der Waals surface area contributed by atoms with Crippen molar-refractivity contribution < 1.29 is 22.7 Å². The van der Waals surface area contributed by atoms with E-state index in [1.165, 1.54) is 23.5 Å². The van der Waals surface area contributed by atoms with Crippen LogP contribution in [0, 0.1) is 27.7 Å². The Morgan fingerprint density at radius 3 is 2.35 bits per heavy atom. The zero-order valence-corrected chi connectivity index (χ0v) is 16.7. The molecular formula is C18H21NO5S2. The van der Waals surface area contributed by atoms with Crippen molar-refractivity contribution in [1.82, 2.24) is 4.72 Å². The van der Waals surface area contributed by atoms with Gasteiger partial charge in [-0.05, 0) is 57.0 Å². The molecule has 1 heterocycles. The van der Waals surface area contributed by atoms with E-state index in [1.54, 1.807) is 12.1 Å². The van der Waals surface area contributed by atoms with Crippen molar-refractivity contribution in [2.75, 3.05) is 13.2 Å². The van der Waals surface area contributed by atoms with Crippen molar-refractivity contribution in [2.24, 2.45) is 0 Å². The third-order valence-corrected chi connectivity index (χ3v) is 6.27. The average molecular weight is 396 g/mol. The number of benzene rings is 1. The Kier molecular flexibility index (Phi) is 6.33. The number of carbonyl (C=O) groups excluding carboxylic acids is 2. The first-order valence-electron chi connectivity index (χ1n) is 7.93. The van der Waals surface area contributed by atoms with Crippen LogP contribution in [-0.2, 0) is 19.6 Å². The second kappa shape index (κ2) is 8.11. The summed E-state index contributed by atoms with van der Waals surface area (Å²) in [7, 11) is -3.82. The summed E-state index contributed by atoms with van der Waals surface area (Å²) in [5, 5.41) is 0. The van der Waals surface area contributed by atoms with Gasteiger partial charge in [0.05, 0.1) is 4.90 Å². The minimum Gasteiger partial charge on any atom is -0.456 e. The Morgan fingerprint density at radius 1 is 1.08 bits per heavy atom. The molecule has 26 heavy (non-hydrogen) atoms. The summed E-state index contributed by atoms with van der Waals surface area (Å²) in [4.78, 5) is 25.8. The lowest BCUT2D eigenvalue weighted by Gasteiger charge is -2.09. The first-order chi connectivity index (χ1) is 12.1. The highest BCUT2D eigenvalue weighted by atomic mass is 32.2. The van der Waals surface area contributed by atoms with Crippen LogP contribution in [0.4, 0.5) is 0 Å². The summed E-state index contributed by atoms with van der Waals surface area (Å²) < 4.78 is 31.5. The fourth-order valence-corrected chi connectivity index (χ4v) is 4.30. The number of carbonyl (C=O) groups is 2. The van der Waals surface area contributed by atoms with Gasteiger partial charge >= 0.3 is 5.97 Å². The van der Waals surface area contributed by atoms with E-state index in [9.17, 15) is 18.0 Å². The molecule has 0 atom stereocenters. The van der Waals surface area contributed by atoms with Crippen molar-refractivity contribution in [3.63, 3.8) is 0 Å². The number of sulfonamides is 1. The molecule has 0 saturated heterocycles. The topological polar surface area (TPSA) is 89.5 Å². The van der Waals surface area contributed by atoms with E-state index >= 15 is 0 Å². The fraction of sp³-hybridized carbons (Fsp3) is 0.333. The smallest absolute Gasteiger partial charge is 0.321 e. The van der Waals surface area contributed by atoms with Crippen molar-refractivity contribution in [3.8, 4) is 0 Å². The molecule has 140 valence electrons. The van der Waals surface area contributed by atoms with Crippen LogP contribution in [0.1, 0.15) is 31.2 Å². The lowest BCUT2D eigenvalue weighted by atomic mass is 10.1. The van der Waals surface area contributed by atoms with E-state index in [2.05, 4.69) is 4.72 Å². The predicted octanol–water partition coefficient (Wildman–Crippen LogP) is 2.69. The van der Waals surface area contributed by atoms with Crippen LogP contribution in [0.25, 0.3) is 0 Å². The highest BCUT2D eigenvalue weighted by Crippen LogP contribution is 2.21. The fourth-order valence-electron chi connectivity index (χ4n) is 2.30. The highest BCUT2D eigenvalue weighted by Gasteiger charge is 2.18. The zero-order chi connectivity index (χ0) is 19.5. The monoisotopic (exact) mass is 395 g/mol. The minimum absolute atomic E-state index is 0.0776. The summed E-state index contributed by atoms with van der Waals surface area (Å²) in [6.07, 6.45) is 0. The Labute approximate surface area is 157 Å². The molecule has 0 unspecified atom stereocenters. The molecule has 0 bridgehead atoms. The standard InChI is InChI=1S/C18H21NO5S2/c1-11-5-6-15(7-12(11)2)26(22,23)19-9-18(21)24-10-17(20)16-8-13(3)25-14(16)4/h5-8,19H,9-10H2,1-4H3. The number of Topliss-reactive ketones (excluding diaryl/α,β-unsaturated/α-hetero) is 1. The first-order valence-corrected chi connectivity index (χ1v) is 10.2. The molecule has 1 aromatic heterocycles. The average Bonchev–Trinajstić information content (AvgIpc) is 2.91. The summed E-state index contributed by atoms with van der Waals surface area (Å²) in [6, 6.07) is 6.46. The van der Waals surface area contributed by atoms with E-state index in [0.29, 0.717) is 5.56 Å². The van der Waals surface area contributed by atoms with Gasteiger partial charge in [0.25, 0.3) is 0 Å². The maximum absolute atomic E-state index is 12.2. The number of nitrogens with one attached hydrogen (secondary N) is 1. The molecule has 0 saturated carbocycles. The van der Waals surface area contributed by atoms with Crippen LogP contribution >= 0.6 is 11.3 Å². The number of aryl methyl sites for hydroxylation is 4. The summed E-state index contributed by atoms with van der Waals surface area (Å²) in [5.74, 6) is -1.12. The molecule has 1 N–H and O–H groups in total. The van der Waals surface area contributed by atoms with Crippen LogP contribution < -0.4 is 4.72 Å². The maximum Gasteiger partial charge on any atom is 0.321 e. The minimum atomic E-state index is -3.82. The molecule has 8 heteroatoms. The molecule has 2 rings (SSSR count). The Morgan fingerprint density at radius 2 is 1.77 bits per heavy atom. The van der Waals surface area contributed by atoms with Crippen LogP contribution in [0.5, 0.6) is 0 Å². The molecular weight excluding hydrogens is 374 g/mol. The summed E-state index contributed by atoms with van der Waals surface area (Å²) in [5.41, 5.74) is 2.33. The molecule has 0 aliphatic heterocycles. The van der Waals surface area contributed by atoms with E-state index in [4.69, 9.17) is 4.74 Å². The molecule has 1 aromatic carbocycles. The molecule has 0 radical (unpaired) electrons. The van der Waals surface area contributed by atoms with E-state index in [-0.39, 0.29) is 10.7 Å². The lowest BCUT2D eigenvalue weighted by molar-refractivity contribution is -0.141. The molecule has 0 aliphatic carbocycles. The number of ketones is 1. The van der Waals surface area contributed by atoms with E-state index < -0.39 is 29.1 Å². The Bertz CT molecular complexity index is 944. The van der Waals surface area contributed by atoms with Crippen LogP contribution in [0.15, 0.2) is 29.2 Å². The molecule has 0 aliphatic rings. The normalized spacial score (nSPS) is 11.4. The largest absolute Gasteiger partial charge is 0.456 e. The maximum atomic E-state index is 12.2. The van der Waals surface area contributed by atoms with Gasteiger partial charge in [-0.25, -0.2) is 8.42 Å². The van der Waals surface area contributed by atoms with Gasteiger partial charge in [-0.3, -0.25) is 9.59 Å². The quantitative estimate of drug-likeness (QED) is 0.575. The van der Waals surface area contributed by atoms with Crippen molar-refractivity contribution in [2.45, 2.75) is 32.6 Å². The van der Waals surface area contributed by atoms with Gasteiger partial charge in [0.15, 0.2) is 6.61 Å². The van der Waals surface area contributed by atoms with Crippen molar-refractivity contribution in [1.29, 1.82) is 0 Å².